The number of benzene rings is 1. The lowest BCUT2D eigenvalue weighted by atomic mass is 10.2. The molecule has 2 aromatic heterocycles. The van der Waals surface area contributed by atoms with E-state index in [1.54, 1.807) is 6.07 Å². The highest BCUT2D eigenvalue weighted by molar-refractivity contribution is 6.03. The van der Waals surface area contributed by atoms with E-state index in [4.69, 9.17) is 0 Å². The van der Waals surface area contributed by atoms with Crippen molar-refractivity contribution >= 4 is 23.4 Å². The van der Waals surface area contributed by atoms with Gasteiger partial charge in [0.2, 0.25) is 5.95 Å². The van der Waals surface area contributed by atoms with Crippen LogP contribution >= 0.6 is 0 Å². The van der Waals surface area contributed by atoms with Gasteiger partial charge in [-0.2, -0.15) is 0 Å². The molecule has 1 aliphatic heterocycles. The van der Waals surface area contributed by atoms with Crippen molar-refractivity contribution in [2.24, 2.45) is 0 Å². The quantitative estimate of drug-likeness (QED) is 0.740. The van der Waals surface area contributed by atoms with Gasteiger partial charge in [0, 0.05) is 43.8 Å². The zero-order valence-corrected chi connectivity index (χ0v) is 16.7. The molecular formula is C22H24N6O. The second-order valence-electron chi connectivity index (χ2n) is 7.18. The second kappa shape index (κ2) is 8.26. The first-order valence-electron chi connectivity index (χ1n) is 9.73. The van der Waals surface area contributed by atoms with E-state index in [2.05, 4.69) is 30.1 Å². The summed E-state index contributed by atoms with van der Waals surface area (Å²) in [5, 5.41) is 2.92. The van der Waals surface area contributed by atoms with Crippen LogP contribution < -0.4 is 15.1 Å². The minimum Gasteiger partial charge on any atom is -0.353 e. The number of amides is 1. The number of anilines is 3. The Hall–Kier alpha value is -3.48. The lowest BCUT2D eigenvalue weighted by Crippen LogP contribution is -2.47. The van der Waals surface area contributed by atoms with Crippen LogP contribution in [0.15, 0.2) is 54.7 Å². The number of carbonyl (C=O) groups excluding carboxylic acids is 1. The molecule has 0 bridgehead atoms. The van der Waals surface area contributed by atoms with Gasteiger partial charge in [0.15, 0.2) is 0 Å². The summed E-state index contributed by atoms with van der Waals surface area (Å²) >= 11 is 0. The molecule has 4 rings (SSSR count). The van der Waals surface area contributed by atoms with Crippen LogP contribution in [0.2, 0.25) is 0 Å². The van der Waals surface area contributed by atoms with E-state index in [1.165, 1.54) is 0 Å². The molecule has 1 aromatic carbocycles. The Morgan fingerprint density at radius 3 is 2.45 bits per heavy atom. The fourth-order valence-corrected chi connectivity index (χ4v) is 3.40. The number of piperazine rings is 1. The topological polar surface area (TPSA) is 74.2 Å². The van der Waals surface area contributed by atoms with Crippen molar-refractivity contribution in [1.82, 2.24) is 15.0 Å². The van der Waals surface area contributed by atoms with E-state index in [9.17, 15) is 4.79 Å². The van der Waals surface area contributed by atoms with Gasteiger partial charge in [-0.05, 0) is 49.7 Å². The van der Waals surface area contributed by atoms with Crippen LogP contribution in [0, 0.1) is 13.8 Å². The molecule has 29 heavy (non-hydrogen) atoms. The van der Waals surface area contributed by atoms with E-state index in [1.807, 2.05) is 62.5 Å². The molecule has 1 amide bonds. The Balaban J connectivity index is 1.46. The first-order valence-corrected chi connectivity index (χ1v) is 9.73. The minimum atomic E-state index is -0.227. The Labute approximate surface area is 170 Å². The van der Waals surface area contributed by atoms with E-state index in [-0.39, 0.29) is 5.91 Å². The third-order valence-corrected chi connectivity index (χ3v) is 4.89. The lowest BCUT2D eigenvalue weighted by Gasteiger charge is -2.35. The molecule has 1 fully saturated rings. The number of pyridine rings is 1. The third-order valence-electron chi connectivity index (χ3n) is 4.89. The van der Waals surface area contributed by atoms with E-state index >= 15 is 0 Å². The molecule has 148 valence electrons. The molecule has 3 aromatic rings. The summed E-state index contributed by atoms with van der Waals surface area (Å²) in [5.74, 6) is 1.35. The molecular weight excluding hydrogens is 364 g/mol. The predicted molar refractivity (Wildman–Crippen MR) is 115 cm³/mol. The van der Waals surface area contributed by atoms with Crippen molar-refractivity contribution in [1.29, 1.82) is 0 Å². The zero-order chi connectivity index (χ0) is 20.2. The van der Waals surface area contributed by atoms with E-state index in [0.29, 0.717) is 11.6 Å². The first kappa shape index (κ1) is 18.9. The van der Waals surface area contributed by atoms with Crippen LogP contribution in [-0.2, 0) is 0 Å². The lowest BCUT2D eigenvalue weighted by molar-refractivity contribution is 0.102. The first-order chi connectivity index (χ1) is 14.1. The number of aryl methyl sites for hydroxylation is 2. The van der Waals surface area contributed by atoms with Crippen LogP contribution in [0.25, 0.3) is 0 Å². The van der Waals surface area contributed by atoms with Gasteiger partial charge in [-0.1, -0.05) is 18.2 Å². The smallest absolute Gasteiger partial charge is 0.274 e. The summed E-state index contributed by atoms with van der Waals surface area (Å²) in [7, 11) is 0. The maximum absolute atomic E-state index is 12.7. The van der Waals surface area contributed by atoms with Crippen molar-refractivity contribution in [3.05, 3.63) is 71.7 Å². The highest BCUT2D eigenvalue weighted by Crippen LogP contribution is 2.18. The molecule has 1 saturated heterocycles. The number of aromatic nitrogens is 3. The molecule has 0 saturated carbocycles. The summed E-state index contributed by atoms with van der Waals surface area (Å²) in [6.07, 6.45) is 1.81. The fourth-order valence-electron chi connectivity index (χ4n) is 3.40. The Morgan fingerprint density at radius 1 is 0.931 bits per heavy atom. The number of carbonyl (C=O) groups is 1. The van der Waals surface area contributed by atoms with Crippen LogP contribution in [0.3, 0.4) is 0 Å². The highest BCUT2D eigenvalue weighted by atomic mass is 16.1. The van der Waals surface area contributed by atoms with Gasteiger partial charge in [0.25, 0.3) is 5.91 Å². The molecule has 7 nitrogen and oxygen atoms in total. The number of nitrogens with zero attached hydrogens (tertiary/aromatic N) is 5. The van der Waals surface area contributed by atoms with Crippen molar-refractivity contribution in [2.45, 2.75) is 13.8 Å². The molecule has 0 aliphatic carbocycles. The maximum Gasteiger partial charge on any atom is 0.274 e. The van der Waals surface area contributed by atoms with Crippen molar-refractivity contribution < 1.29 is 4.79 Å². The molecule has 7 heteroatoms. The average molecular weight is 388 g/mol. The molecule has 0 unspecified atom stereocenters. The number of hydrogen-bond donors (Lipinski definition) is 1. The summed E-state index contributed by atoms with van der Waals surface area (Å²) in [4.78, 5) is 30.6. The van der Waals surface area contributed by atoms with Gasteiger partial charge < -0.3 is 15.1 Å². The third kappa shape index (κ3) is 4.51. The van der Waals surface area contributed by atoms with Gasteiger partial charge in [0.1, 0.15) is 11.5 Å². The maximum atomic E-state index is 12.7. The SMILES string of the molecule is Cc1cccc(NC(=O)c2cc(C)nc(N3CCN(c4ccccn4)CC3)n2)c1. The number of rotatable bonds is 4. The summed E-state index contributed by atoms with van der Waals surface area (Å²) in [5.41, 5.74) is 3.00. The van der Waals surface area contributed by atoms with Crippen LogP contribution in [0.1, 0.15) is 21.7 Å². The normalized spacial score (nSPS) is 14.0. The molecule has 3 heterocycles. The molecule has 1 aliphatic rings. The monoisotopic (exact) mass is 388 g/mol. The molecule has 0 radical (unpaired) electrons. The molecule has 0 spiro atoms. The van der Waals surface area contributed by atoms with Crippen molar-refractivity contribution in [3.8, 4) is 0 Å². The van der Waals surface area contributed by atoms with Gasteiger partial charge in [-0.25, -0.2) is 15.0 Å². The van der Waals surface area contributed by atoms with Crippen LogP contribution in [0.5, 0.6) is 0 Å². The van der Waals surface area contributed by atoms with E-state index in [0.717, 1.165) is 48.9 Å². The van der Waals surface area contributed by atoms with Gasteiger partial charge >= 0.3 is 0 Å². The summed E-state index contributed by atoms with van der Waals surface area (Å²) < 4.78 is 0. The van der Waals surface area contributed by atoms with Gasteiger partial charge in [-0.3, -0.25) is 4.79 Å². The van der Waals surface area contributed by atoms with Crippen LogP contribution in [-0.4, -0.2) is 47.0 Å². The zero-order valence-electron chi connectivity index (χ0n) is 16.7. The van der Waals surface area contributed by atoms with Crippen molar-refractivity contribution in [3.63, 3.8) is 0 Å². The number of nitrogens with one attached hydrogen (secondary N) is 1. The Kier molecular flexibility index (Phi) is 5.37. The Bertz CT molecular complexity index is 999. The molecule has 1 N–H and O–H groups in total. The van der Waals surface area contributed by atoms with Crippen LogP contribution in [0.4, 0.5) is 17.5 Å². The number of hydrogen-bond acceptors (Lipinski definition) is 6. The molecule has 0 atom stereocenters. The van der Waals surface area contributed by atoms with Crippen molar-refractivity contribution in [2.75, 3.05) is 41.3 Å². The highest BCUT2D eigenvalue weighted by Gasteiger charge is 2.21. The fraction of sp³-hybridized carbons (Fsp3) is 0.273. The standard InChI is InChI=1S/C22H24N6O/c1-16-6-5-7-18(14-16)25-21(29)19-15-17(2)24-22(26-19)28-12-10-27(11-13-28)20-8-3-4-9-23-20/h3-9,14-15H,10-13H2,1-2H3,(H,25,29). The predicted octanol–water partition coefficient (Wildman–Crippen LogP) is 3.07. The summed E-state index contributed by atoms with van der Waals surface area (Å²) in [6, 6.07) is 15.4. The Morgan fingerprint density at radius 2 is 1.72 bits per heavy atom. The largest absolute Gasteiger partial charge is 0.353 e. The average Bonchev–Trinajstić information content (AvgIpc) is 2.74. The van der Waals surface area contributed by atoms with Gasteiger partial charge in [-0.15, -0.1) is 0 Å². The van der Waals surface area contributed by atoms with Gasteiger partial charge in [0.05, 0.1) is 0 Å². The second-order valence-corrected chi connectivity index (χ2v) is 7.18. The minimum absolute atomic E-state index is 0.227. The van der Waals surface area contributed by atoms with E-state index < -0.39 is 0 Å². The summed E-state index contributed by atoms with van der Waals surface area (Å²) in [6.45, 7) is 7.10.